The van der Waals surface area contributed by atoms with Crippen LogP contribution in [0.25, 0.3) is 5.69 Å². The molecule has 6 heteroatoms. The van der Waals surface area contributed by atoms with Crippen LogP contribution >= 0.6 is 0 Å². The molecule has 3 rings (SSSR count). The zero-order valence-corrected chi connectivity index (χ0v) is 13.1. The molecule has 1 atom stereocenters. The number of hydrogen-bond acceptors (Lipinski definition) is 4. The molecule has 0 aliphatic carbocycles. The minimum atomic E-state index is -0.829. The Morgan fingerprint density at radius 2 is 2.08 bits per heavy atom. The van der Waals surface area contributed by atoms with E-state index in [1.807, 2.05) is 36.5 Å². The number of para-hydroxylation sites is 1. The molecule has 2 N–H and O–H groups in total. The highest BCUT2D eigenvalue weighted by molar-refractivity contribution is 5.76. The number of carbonyl (C=O) groups excluding carboxylic acids is 1. The molecular formula is C18H19N3O3. The van der Waals surface area contributed by atoms with Gasteiger partial charge in [0.25, 0.3) is 0 Å². The summed E-state index contributed by atoms with van der Waals surface area (Å²) in [5.41, 5.74) is 1.97. The van der Waals surface area contributed by atoms with Crippen LogP contribution in [0.3, 0.4) is 0 Å². The van der Waals surface area contributed by atoms with Crippen LogP contribution in [0.5, 0.6) is 0 Å². The third-order valence-corrected chi connectivity index (χ3v) is 3.66. The number of amides is 1. The second kappa shape index (κ2) is 7.61. The van der Waals surface area contributed by atoms with Gasteiger partial charge in [0.15, 0.2) is 0 Å². The number of furan rings is 1. The number of aryl methyl sites for hydroxylation is 1. The van der Waals surface area contributed by atoms with Gasteiger partial charge < -0.3 is 14.8 Å². The van der Waals surface area contributed by atoms with Gasteiger partial charge in [-0.3, -0.25) is 4.79 Å². The third kappa shape index (κ3) is 4.11. The predicted molar refractivity (Wildman–Crippen MR) is 88.6 cm³/mol. The zero-order valence-electron chi connectivity index (χ0n) is 13.1. The largest absolute Gasteiger partial charge is 0.467 e. The Morgan fingerprint density at radius 3 is 2.83 bits per heavy atom. The molecule has 0 bridgehead atoms. The van der Waals surface area contributed by atoms with Gasteiger partial charge in [0.2, 0.25) is 5.91 Å². The topological polar surface area (TPSA) is 80.3 Å². The lowest BCUT2D eigenvalue weighted by molar-refractivity contribution is -0.121. The minimum Gasteiger partial charge on any atom is -0.467 e. The lowest BCUT2D eigenvalue weighted by Gasteiger charge is -2.09. The number of nitrogens with zero attached hydrogens (tertiary/aromatic N) is 2. The molecule has 1 aromatic carbocycles. The fourth-order valence-corrected chi connectivity index (χ4v) is 2.35. The summed E-state index contributed by atoms with van der Waals surface area (Å²) in [5.74, 6) is 0.326. The van der Waals surface area contributed by atoms with Gasteiger partial charge in [-0.05, 0) is 36.2 Å². The lowest BCUT2D eigenvalue weighted by atomic mass is 10.2. The van der Waals surface area contributed by atoms with E-state index in [-0.39, 0.29) is 12.5 Å². The Morgan fingerprint density at radius 1 is 1.25 bits per heavy atom. The van der Waals surface area contributed by atoms with E-state index in [1.165, 1.54) is 6.26 Å². The fourth-order valence-electron chi connectivity index (χ4n) is 2.35. The van der Waals surface area contributed by atoms with E-state index in [2.05, 4.69) is 10.4 Å². The molecule has 6 nitrogen and oxygen atoms in total. The van der Waals surface area contributed by atoms with Gasteiger partial charge in [-0.15, -0.1) is 0 Å². The molecule has 124 valence electrons. The third-order valence-electron chi connectivity index (χ3n) is 3.66. The number of aromatic nitrogens is 2. The smallest absolute Gasteiger partial charge is 0.220 e. The number of rotatable bonds is 7. The Balaban J connectivity index is 1.46. The van der Waals surface area contributed by atoms with Gasteiger partial charge in [0.1, 0.15) is 11.9 Å². The molecule has 0 radical (unpaired) electrons. The quantitative estimate of drug-likeness (QED) is 0.698. The highest BCUT2D eigenvalue weighted by atomic mass is 16.4. The molecule has 3 aromatic rings. The van der Waals surface area contributed by atoms with Crippen LogP contribution < -0.4 is 5.32 Å². The van der Waals surface area contributed by atoms with Crippen molar-refractivity contribution in [1.29, 1.82) is 0 Å². The fraction of sp³-hybridized carbons (Fsp3) is 0.222. The number of aliphatic hydroxyl groups excluding tert-OH is 1. The van der Waals surface area contributed by atoms with E-state index in [9.17, 15) is 9.90 Å². The molecule has 2 heterocycles. The maximum absolute atomic E-state index is 11.9. The molecule has 0 spiro atoms. The second-order valence-electron chi connectivity index (χ2n) is 5.46. The van der Waals surface area contributed by atoms with Crippen LogP contribution in [0.4, 0.5) is 0 Å². The summed E-state index contributed by atoms with van der Waals surface area (Å²) in [6, 6.07) is 13.2. The van der Waals surface area contributed by atoms with Crippen LogP contribution in [-0.4, -0.2) is 27.3 Å². The van der Waals surface area contributed by atoms with Gasteiger partial charge in [-0.2, -0.15) is 5.10 Å². The number of hydrogen-bond donors (Lipinski definition) is 2. The van der Waals surface area contributed by atoms with Crippen molar-refractivity contribution in [3.63, 3.8) is 0 Å². The van der Waals surface area contributed by atoms with Crippen molar-refractivity contribution < 1.29 is 14.3 Å². The van der Waals surface area contributed by atoms with E-state index >= 15 is 0 Å². The van der Waals surface area contributed by atoms with Crippen LogP contribution in [0.2, 0.25) is 0 Å². The monoisotopic (exact) mass is 325 g/mol. The standard InChI is InChI=1S/C18H19N3O3/c22-16(17-7-4-10-24-17)12-19-18(23)9-8-14-11-20-21(13-14)15-5-2-1-3-6-15/h1-7,10-11,13,16,22H,8-9,12H2,(H,19,23). The normalized spacial score (nSPS) is 12.0. The van der Waals surface area contributed by atoms with Crippen molar-refractivity contribution in [2.24, 2.45) is 0 Å². The lowest BCUT2D eigenvalue weighted by Crippen LogP contribution is -2.28. The number of nitrogens with one attached hydrogen (secondary N) is 1. The molecule has 0 fully saturated rings. The summed E-state index contributed by atoms with van der Waals surface area (Å²) in [5, 5.41) is 16.9. The first-order valence-corrected chi connectivity index (χ1v) is 7.79. The van der Waals surface area contributed by atoms with Crippen LogP contribution in [0.1, 0.15) is 23.8 Å². The first-order chi connectivity index (χ1) is 11.7. The van der Waals surface area contributed by atoms with E-state index < -0.39 is 6.10 Å². The van der Waals surface area contributed by atoms with Crippen molar-refractivity contribution in [3.05, 3.63) is 72.4 Å². The van der Waals surface area contributed by atoms with Gasteiger partial charge >= 0.3 is 0 Å². The maximum atomic E-state index is 11.9. The zero-order chi connectivity index (χ0) is 16.8. The molecule has 0 aliphatic rings. The summed E-state index contributed by atoms with van der Waals surface area (Å²) in [4.78, 5) is 11.9. The SMILES string of the molecule is O=C(CCc1cnn(-c2ccccc2)c1)NCC(O)c1ccco1. The van der Waals surface area contributed by atoms with Crippen molar-refractivity contribution >= 4 is 5.91 Å². The summed E-state index contributed by atoms with van der Waals surface area (Å²) >= 11 is 0. The number of aliphatic hydroxyl groups is 1. The summed E-state index contributed by atoms with van der Waals surface area (Å²) in [6.45, 7) is 0.135. The summed E-state index contributed by atoms with van der Waals surface area (Å²) < 4.78 is 6.87. The Hall–Kier alpha value is -2.86. The minimum absolute atomic E-state index is 0.118. The van der Waals surface area contributed by atoms with Crippen LogP contribution in [-0.2, 0) is 11.2 Å². The van der Waals surface area contributed by atoms with Gasteiger partial charge in [-0.25, -0.2) is 4.68 Å². The number of carbonyl (C=O) groups is 1. The Kier molecular flexibility index (Phi) is 5.08. The number of benzene rings is 1. The average molecular weight is 325 g/mol. The Labute approximate surface area is 139 Å². The average Bonchev–Trinajstić information content (AvgIpc) is 3.30. The second-order valence-corrected chi connectivity index (χ2v) is 5.46. The highest BCUT2D eigenvalue weighted by Gasteiger charge is 2.12. The van der Waals surface area contributed by atoms with E-state index in [0.717, 1.165) is 11.3 Å². The molecule has 1 unspecified atom stereocenters. The van der Waals surface area contributed by atoms with Crippen molar-refractivity contribution in [1.82, 2.24) is 15.1 Å². The Bertz CT molecular complexity index is 766. The van der Waals surface area contributed by atoms with Crippen LogP contribution in [0, 0.1) is 0 Å². The maximum Gasteiger partial charge on any atom is 0.220 e. The van der Waals surface area contributed by atoms with Gasteiger partial charge in [0, 0.05) is 12.6 Å². The molecule has 24 heavy (non-hydrogen) atoms. The van der Waals surface area contributed by atoms with Gasteiger partial charge in [-0.1, -0.05) is 18.2 Å². The first-order valence-electron chi connectivity index (χ1n) is 7.79. The highest BCUT2D eigenvalue weighted by Crippen LogP contribution is 2.12. The van der Waals surface area contributed by atoms with E-state index in [4.69, 9.17) is 4.42 Å². The molecule has 0 aliphatic heterocycles. The van der Waals surface area contributed by atoms with Crippen LogP contribution in [0.15, 0.2) is 65.5 Å². The molecule has 0 saturated carbocycles. The summed E-state index contributed by atoms with van der Waals surface area (Å²) in [6.07, 6.45) is 5.27. The molecule has 1 amide bonds. The van der Waals surface area contributed by atoms with Crippen molar-refractivity contribution in [2.75, 3.05) is 6.54 Å². The first kappa shape index (κ1) is 16.0. The van der Waals surface area contributed by atoms with Crippen molar-refractivity contribution in [2.45, 2.75) is 18.9 Å². The predicted octanol–water partition coefficient (Wildman–Crippen LogP) is 2.25. The molecular weight excluding hydrogens is 306 g/mol. The molecule has 0 saturated heterocycles. The van der Waals surface area contributed by atoms with E-state index in [0.29, 0.717) is 18.6 Å². The van der Waals surface area contributed by atoms with Crippen molar-refractivity contribution in [3.8, 4) is 5.69 Å². The summed E-state index contributed by atoms with van der Waals surface area (Å²) in [7, 11) is 0. The van der Waals surface area contributed by atoms with Gasteiger partial charge in [0.05, 0.1) is 24.7 Å². The van der Waals surface area contributed by atoms with E-state index in [1.54, 1.807) is 23.0 Å². The molecule has 2 aromatic heterocycles.